The van der Waals surface area contributed by atoms with E-state index < -0.39 is 5.54 Å². The quantitative estimate of drug-likeness (QED) is 0.774. The molecule has 0 saturated heterocycles. The largest absolute Gasteiger partial charge is 0.334 e. The minimum atomic E-state index is -0.443. The van der Waals surface area contributed by atoms with Gasteiger partial charge in [0.1, 0.15) is 0 Å². The van der Waals surface area contributed by atoms with E-state index in [9.17, 15) is 0 Å². The van der Waals surface area contributed by atoms with Crippen molar-refractivity contribution in [3.8, 4) is 22.7 Å². The Morgan fingerprint density at radius 2 is 2.18 bits per heavy atom. The van der Waals surface area contributed by atoms with Crippen LogP contribution in [0.4, 0.5) is 0 Å². The van der Waals surface area contributed by atoms with E-state index in [4.69, 9.17) is 21.9 Å². The highest BCUT2D eigenvalue weighted by molar-refractivity contribution is 6.30. The SMILES string of the molecule is NC1(c2noc(-c3cn[nH]c3-c3cccc(Cl)c3)n2)CCC1. The Hall–Kier alpha value is -2.18. The van der Waals surface area contributed by atoms with Crippen LogP contribution in [0.25, 0.3) is 22.7 Å². The Morgan fingerprint density at radius 1 is 1.32 bits per heavy atom. The monoisotopic (exact) mass is 315 g/mol. The van der Waals surface area contributed by atoms with Gasteiger partial charge < -0.3 is 10.3 Å². The van der Waals surface area contributed by atoms with Crippen molar-refractivity contribution in [3.05, 3.63) is 41.3 Å². The van der Waals surface area contributed by atoms with Crippen LogP contribution >= 0.6 is 11.6 Å². The summed E-state index contributed by atoms with van der Waals surface area (Å²) in [6.07, 6.45) is 4.54. The van der Waals surface area contributed by atoms with Crippen LogP contribution in [0.1, 0.15) is 25.1 Å². The predicted molar refractivity (Wildman–Crippen MR) is 82.0 cm³/mol. The summed E-state index contributed by atoms with van der Waals surface area (Å²) in [5.41, 5.74) is 8.23. The third-order valence-electron chi connectivity index (χ3n) is 4.10. The van der Waals surface area contributed by atoms with Crippen molar-refractivity contribution in [3.63, 3.8) is 0 Å². The highest BCUT2D eigenvalue weighted by atomic mass is 35.5. The van der Waals surface area contributed by atoms with Gasteiger partial charge in [0.25, 0.3) is 5.89 Å². The Balaban J connectivity index is 1.74. The topological polar surface area (TPSA) is 93.6 Å². The highest BCUT2D eigenvalue weighted by Crippen LogP contribution is 2.38. The number of hydrogen-bond donors (Lipinski definition) is 2. The predicted octanol–water partition coefficient (Wildman–Crippen LogP) is 3.12. The van der Waals surface area contributed by atoms with Crippen molar-refractivity contribution in [2.24, 2.45) is 5.73 Å². The second-order valence-corrected chi connectivity index (χ2v) is 6.04. The lowest BCUT2D eigenvalue weighted by molar-refractivity contribution is 0.229. The molecule has 1 saturated carbocycles. The van der Waals surface area contributed by atoms with Gasteiger partial charge in [0.05, 0.1) is 23.0 Å². The highest BCUT2D eigenvalue weighted by Gasteiger charge is 2.39. The van der Waals surface area contributed by atoms with Crippen LogP contribution in [0, 0.1) is 0 Å². The van der Waals surface area contributed by atoms with E-state index in [0.29, 0.717) is 16.7 Å². The zero-order chi connectivity index (χ0) is 15.2. The summed E-state index contributed by atoms with van der Waals surface area (Å²) < 4.78 is 5.39. The molecule has 2 heterocycles. The zero-order valence-electron chi connectivity index (χ0n) is 11.7. The molecule has 0 unspecified atom stereocenters. The summed E-state index contributed by atoms with van der Waals surface area (Å²) in [7, 11) is 0. The molecule has 0 bridgehead atoms. The Labute approximate surface area is 131 Å². The standard InChI is InChI=1S/C15H14ClN5O/c16-10-4-1-3-9(7-10)12-11(8-18-20-12)13-19-14(21-22-13)15(17)5-2-6-15/h1,3-4,7-8H,2,5-6,17H2,(H,18,20). The van der Waals surface area contributed by atoms with Crippen molar-refractivity contribution in [1.82, 2.24) is 20.3 Å². The minimum Gasteiger partial charge on any atom is -0.334 e. The van der Waals surface area contributed by atoms with Crippen molar-refractivity contribution in [2.45, 2.75) is 24.8 Å². The number of rotatable bonds is 3. The molecule has 4 rings (SSSR count). The van der Waals surface area contributed by atoms with Crippen LogP contribution in [0.2, 0.25) is 5.02 Å². The van der Waals surface area contributed by atoms with E-state index in [2.05, 4.69) is 20.3 Å². The maximum Gasteiger partial charge on any atom is 0.261 e. The molecule has 22 heavy (non-hydrogen) atoms. The molecule has 112 valence electrons. The minimum absolute atomic E-state index is 0.412. The van der Waals surface area contributed by atoms with Crippen LogP contribution in [-0.4, -0.2) is 20.3 Å². The maximum absolute atomic E-state index is 6.23. The summed E-state index contributed by atoms with van der Waals surface area (Å²) in [5.74, 6) is 0.974. The van der Waals surface area contributed by atoms with Gasteiger partial charge in [-0.2, -0.15) is 10.1 Å². The normalized spacial score (nSPS) is 16.5. The lowest BCUT2D eigenvalue weighted by Crippen LogP contribution is -2.44. The van der Waals surface area contributed by atoms with E-state index >= 15 is 0 Å². The molecule has 1 aromatic carbocycles. The van der Waals surface area contributed by atoms with Gasteiger partial charge in [-0.3, -0.25) is 5.10 Å². The van der Waals surface area contributed by atoms with E-state index in [1.165, 1.54) is 0 Å². The van der Waals surface area contributed by atoms with Gasteiger partial charge in [0, 0.05) is 10.6 Å². The third kappa shape index (κ3) is 2.12. The molecular formula is C15H14ClN5O. The maximum atomic E-state index is 6.23. The van der Waals surface area contributed by atoms with Crippen LogP contribution < -0.4 is 5.73 Å². The molecule has 0 radical (unpaired) electrons. The van der Waals surface area contributed by atoms with Gasteiger partial charge in [-0.05, 0) is 31.4 Å². The number of aromatic nitrogens is 4. The number of H-pyrrole nitrogens is 1. The Morgan fingerprint density at radius 3 is 2.91 bits per heavy atom. The first-order valence-corrected chi connectivity index (χ1v) is 7.46. The van der Waals surface area contributed by atoms with Crippen LogP contribution in [0.3, 0.4) is 0 Å². The van der Waals surface area contributed by atoms with Crippen LogP contribution in [0.15, 0.2) is 35.0 Å². The first-order valence-electron chi connectivity index (χ1n) is 7.08. The first kappa shape index (κ1) is 13.5. The molecule has 6 nitrogen and oxygen atoms in total. The third-order valence-corrected chi connectivity index (χ3v) is 4.34. The average Bonchev–Trinajstić information content (AvgIpc) is 3.13. The molecule has 3 aromatic rings. The second kappa shape index (κ2) is 4.93. The molecule has 1 fully saturated rings. The summed E-state index contributed by atoms with van der Waals surface area (Å²) >= 11 is 6.05. The first-order chi connectivity index (χ1) is 10.7. The summed E-state index contributed by atoms with van der Waals surface area (Å²) in [6.45, 7) is 0. The van der Waals surface area contributed by atoms with E-state index in [-0.39, 0.29) is 0 Å². The molecule has 2 aromatic heterocycles. The Bertz CT molecular complexity index is 821. The van der Waals surface area contributed by atoms with Crippen molar-refractivity contribution < 1.29 is 4.52 Å². The number of benzene rings is 1. The molecule has 7 heteroatoms. The van der Waals surface area contributed by atoms with Gasteiger partial charge in [-0.25, -0.2) is 0 Å². The fourth-order valence-electron chi connectivity index (χ4n) is 2.63. The Kier molecular flexibility index (Phi) is 3.02. The molecular weight excluding hydrogens is 302 g/mol. The van der Waals surface area contributed by atoms with Gasteiger partial charge in [0.15, 0.2) is 5.82 Å². The van der Waals surface area contributed by atoms with Crippen molar-refractivity contribution in [2.75, 3.05) is 0 Å². The fraction of sp³-hybridized carbons (Fsp3) is 0.267. The number of halogens is 1. The zero-order valence-corrected chi connectivity index (χ0v) is 12.5. The lowest BCUT2D eigenvalue weighted by Gasteiger charge is -2.34. The molecule has 1 aliphatic rings. The average molecular weight is 316 g/mol. The smallest absolute Gasteiger partial charge is 0.261 e. The summed E-state index contributed by atoms with van der Waals surface area (Å²) in [5, 5.41) is 11.7. The van der Waals surface area contributed by atoms with Crippen molar-refractivity contribution >= 4 is 11.6 Å². The molecule has 3 N–H and O–H groups in total. The number of nitrogens with two attached hydrogens (primary N) is 1. The molecule has 0 spiro atoms. The summed E-state index contributed by atoms with van der Waals surface area (Å²) in [4.78, 5) is 4.46. The second-order valence-electron chi connectivity index (χ2n) is 5.60. The molecule has 0 aliphatic heterocycles. The number of nitrogens with one attached hydrogen (secondary N) is 1. The van der Waals surface area contributed by atoms with Gasteiger partial charge in [0.2, 0.25) is 0 Å². The summed E-state index contributed by atoms with van der Waals surface area (Å²) in [6, 6.07) is 7.49. The fourth-order valence-corrected chi connectivity index (χ4v) is 2.82. The molecule has 1 aliphatic carbocycles. The van der Waals surface area contributed by atoms with Crippen molar-refractivity contribution in [1.29, 1.82) is 0 Å². The molecule has 0 atom stereocenters. The number of aromatic amines is 1. The lowest BCUT2D eigenvalue weighted by atomic mass is 9.77. The molecule has 0 amide bonds. The van der Waals surface area contributed by atoms with E-state index in [1.54, 1.807) is 6.20 Å². The van der Waals surface area contributed by atoms with Crippen LogP contribution in [-0.2, 0) is 5.54 Å². The number of hydrogen-bond acceptors (Lipinski definition) is 5. The van der Waals surface area contributed by atoms with Gasteiger partial charge in [-0.15, -0.1) is 0 Å². The van der Waals surface area contributed by atoms with Gasteiger partial charge in [-0.1, -0.05) is 28.9 Å². The van der Waals surface area contributed by atoms with E-state index in [1.807, 2.05) is 24.3 Å². The van der Waals surface area contributed by atoms with E-state index in [0.717, 1.165) is 36.1 Å². The van der Waals surface area contributed by atoms with Crippen LogP contribution in [0.5, 0.6) is 0 Å². The number of nitrogens with zero attached hydrogens (tertiary/aromatic N) is 3. The van der Waals surface area contributed by atoms with Gasteiger partial charge >= 0.3 is 0 Å².